The SMILES string of the molecule is CC(C)[C@H]1CCN(c2ncccn2)C1. The van der Waals surface area contributed by atoms with Crippen molar-refractivity contribution >= 4 is 5.95 Å². The van der Waals surface area contributed by atoms with E-state index in [2.05, 4.69) is 28.7 Å². The predicted molar refractivity (Wildman–Crippen MR) is 57.2 cm³/mol. The monoisotopic (exact) mass is 191 g/mol. The molecule has 3 heteroatoms. The van der Waals surface area contributed by atoms with Crippen molar-refractivity contribution in [1.82, 2.24) is 9.97 Å². The van der Waals surface area contributed by atoms with Crippen LogP contribution in [-0.4, -0.2) is 23.1 Å². The van der Waals surface area contributed by atoms with Gasteiger partial charge in [-0.1, -0.05) is 13.8 Å². The first-order valence-corrected chi connectivity index (χ1v) is 5.29. The maximum atomic E-state index is 4.27. The molecule has 1 aliphatic heterocycles. The Morgan fingerprint density at radius 1 is 1.36 bits per heavy atom. The van der Waals surface area contributed by atoms with Gasteiger partial charge in [0.15, 0.2) is 0 Å². The molecule has 14 heavy (non-hydrogen) atoms. The van der Waals surface area contributed by atoms with Crippen LogP contribution in [0.1, 0.15) is 20.3 Å². The van der Waals surface area contributed by atoms with Crippen molar-refractivity contribution in [2.24, 2.45) is 11.8 Å². The fourth-order valence-electron chi connectivity index (χ4n) is 1.97. The first-order valence-electron chi connectivity index (χ1n) is 5.29. The Bertz CT molecular complexity index is 284. The lowest BCUT2D eigenvalue weighted by atomic mass is 9.95. The van der Waals surface area contributed by atoms with Crippen LogP contribution in [0.5, 0.6) is 0 Å². The third-order valence-corrected chi connectivity index (χ3v) is 3.00. The summed E-state index contributed by atoms with van der Waals surface area (Å²) in [5, 5.41) is 0. The summed E-state index contributed by atoms with van der Waals surface area (Å²) in [6.45, 7) is 6.80. The summed E-state index contributed by atoms with van der Waals surface area (Å²) in [5.41, 5.74) is 0. The molecular formula is C11H17N3. The van der Waals surface area contributed by atoms with E-state index in [1.54, 1.807) is 0 Å². The Morgan fingerprint density at radius 3 is 2.64 bits per heavy atom. The molecule has 1 fully saturated rings. The quantitative estimate of drug-likeness (QED) is 0.715. The van der Waals surface area contributed by atoms with Crippen LogP contribution in [0.4, 0.5) is 5.95 Å². The van der Waals surface area contributed by atoms with Gasteiger partial charge >= 0.3 is 0 Å². The zero-order chi connectivity index (χ0) is 9.97. The maximum Gasteiger partial charge on any atom is 0.225 e. The molecule has 1 saturated heterocycles. The molecule has 0 radical (unpaired) electrons. The highest BCUT2D eigenvalue weighted by atomic mass is 15.3. The molecule has 0 amide bonds. The van der Waals surface area contributed by atoms with E-state index >= 15 is 0 Å². The van der Waals surface area contributed by atoms with E-state index in [-0.39, 0.29) is 0 Å². The second-order valence-electron chi connectivity index (χ2n) is 4.29. The molecule has 0 unspecified atom stereocenters. The van der Waals surface area contributed by atoms with E-state index in [9.17, 15) is 0 Å². The molecule has 1 aromatic rings. The fraction of sp³-hybridized carbons (Fsp3) is 0.636. The van der Waals surface area contributed by atoms with Gasteiger partial charge in [-0.2, -0.15) is 0 Å². The zero-order valence-electron chi connectivity index (χ0n) is 8.85. The van der Waals surface area contributed by atoms with Gasteiger partial charge in [-0.25, -0.2) is 9.97 Å². The molecule has 0 spiro atoms. The maximum absolute atomic E-state index is 4.27. The first-order chi connectivity index (χ1) is 6.77. The first kappa shape index (κ1) is 9.44. The predicted octanol–water partition coefficient (Wildman–Crippen LogP) is 1.96. The fourth-order valence-corrected chi connectivity index (χ4v) is 1.97. The average molecular weight is 191 g/mol. The van der Waals surface area contributed by atoms with Crippen molar-refractivity contribution < 1.29 is 0 Å². The van der Waals surface area contributed by atoms with Crippen LogP contribution < -0.4 is 4.90 Å². The minimum atomic E-state index is 0.767. The van der Waals surface area contributed by atoms with Crippen molar-refractivity contribution in [2.45, 2.75) is 20.3 Å². The van der Waals surface area contributed by atoms with Gasteiger partial charge in [0.05, 0.1) is 0 Å². The summed E-state index contributed by atoms with van der Waals surface area (Å²) >= 11 is 0. The van der Waals surface area contributed by atoms with Crippen LogP contribution in [0.2, 0.25) is 0 Å². The molecule has 2 rings (SSSR count). The minimum absolute atomic E-state index is 0.767. The Balaban J connectivity index is 2.03. The largest absolute Gasteiger partial charge is 0.341 e. The van der Waals surface area contributed by atoms with Gasteiger partial charge in [-0.05, 0) is 24.3 Å². The Labute approximate surface area is 85.2 Å². The molecule has 0 saturated carbocycles. The average Bonchev–Trinajstić information content (AvgIpc) is 2.68. The van der Waals surface area contributed by atoms with E-state index in [1.165, 1.54) is 6.42 Å². The lowest BCUT2D eigenvalue weighted by Gasteiger charge is -2.17. The Hall–Kier alpha value is -1.12. The molecular weight excluding hydrogens is 174 g/mol. The van der Waals surface area contributed by atoms with Crippen molar-refractivity contribution in [3.63, 3.8) is 0 Å². The van der Waals surface area contributed by atoms with Gasteiger partial charge < -0.3 is 4.90 Å². The highest BCUT2D eigenvalue weighted by molar-refractivity contribution is 5.30. The normalized spacial score (nSPS) is 21.9. The second kappa shape index (κ2) is 3.95. The zero-order valence-corrected chi connectivity index (χ0v) is 8.85. The van der Waals surface area contributed by atoms with Crippen LogP contribution >= 0.6 is 0 Å². The van der Waals surface area contributed by atoms with Gasteiger partial charge in [-0.15, -0.1) is 0 Å². The number of nitrogens with zero attached hydrogens (tertiary/aromatic N) is 3. The van der Waals surface area contributed by atoms with E-state index < -0.39 is 0 Å². The lowest BCUT2D eigenvalue weighted by molar-refractivity contribution is 0.422. The molecule has 0 aliphatic carbocycles. The summed E-state index contributed by atoms with van der Waals surface area (Å²) in [6.07, 6.45) is 4.89. The summed E-state index contributed by atoms with van der Waals surface area (Å²) in [4.78, 5) is 10.8. The number of rotatable bonds is 2. The molecule has 0 bridgehead atoms. The molecule has 1 aromatic heterocycles. The third-order valence-electron chi connectivity index (χ3n) is 3.00. The van der Waals surface area contributed by atoms with Crippen molar-refractivity contribution in [1.29, 1.82) is 0 Å². The highest BCUT2D eigenvalue weighted by Gasteiger charge is 2.25. The molecule has 0 aromatic carbocycles. The van der Waals surface area contributed by atoms with Crippen molar-refractivity contribution in [2.75, 3.05) is 18.0 Å². The van der Waals surface area contributed by atoms with Gasteiger partial charge in [-0.3, -0.25) is 0 Å². The molecule has 1 atom stereocenters. The lowest BCUT2D eigenvalue weighted by Crippen LogP contribution is -2.23. The van der Waals surface area contributed by atoms with Crippen LogP contribution in [0, 0.1) is 11.8 Å². The van der Waals surface area contributed by atoms with Crippen LogP contribution in [-0.2, 0) is 0 Å². The number of hydrogen-bond donors (Lipinski definition) is 0. The molecule has 1 aliphatic rings. The number of anilines is 1. The topological polar surface area (TPSA) is 29.0 Å². The Kier molecular flexibility index (Phi) is 2.66. The summed E-state index contributed by atoms with van der Waals surface area (Å²) in [6, 6.07) is 1.86. The molecule has 2 heterocycles. The van der Waals surface area contributed by atoms with E-state index in [4.69, 9.17) is 0 Å². The number of hydrogen-bond acceptors (Lipinski definition) is 3. The standard InChI is InChI=1S/C11H17N3/c1-9(2)10-4-7-14(8-10)11-12-5-3-6-13-11/h3,5-6,9-10H,4,7-8H2,1-2H3/t10-/m0/s1. The van der Waals surface area contributed by atoms with Gasteiger partial charge in [0.2, 0.25) is 5.95 Å². The summed E-state index contributed by atoms with van der Waals surface area (Å²) < 4.78 is 0. The van der Waals surface area contributed by atoms with Crippen molar-refractivity contribution in [3.05, 3.63) is 18.5 Å². The van der Waals surface area contributed by atoms with Gasteiger partial charge in [0.25, 0.3) is 0 Å². The summed E-state index contributed by atoms with van der Waals surface area (Å²) in [7, 11) is 0. The van der Waals surface area contributed by atoms with E-state index in [1.807, 2.05) is 18.5 Å². The van der Waals surface area contributed by atoms with Crippen LogP contribution in [0.15, 0.2) is 18.5 Å². The van der Waals surface area contributed by atoms with Crippen LogP contribution in [0.3, 0.4) is 0 Å². The summed E-state index contributed by atoms with van der Waals surface area (Å²) in [5.74, 6) is 2.46. The highest BCUT2D eigenvalue weighted by Crippen LogP contribution is 2.25. The molecule has 76 valence electrons. The number of aromatic nitrogens is 2. The second-order valence-corrected chi connectivity index (χ2v) is 4.29. The molecule has 0 N–H and O–H groups in total. The molecule has 3 nitrogen and oxygen atoms in total. The Morgan fingerprint density at radius 2 is 2.07 bits per heavy atom. The smallest absolute Gasteiger partial charge is 0.225 e. The van der Waals surface area contributed by atoms with Gasteiger partial charge in [0, 0.05) is 25.5 Å². The van der Waals surface area contributed by atoms with E-state index in [0.717, 1.165) is 30.9 Å². The van der Waals surface area contributed by atoms with Gasteiger partial charge in [0.1, 0.15) is 0 Å². The van der Waals surface area contributed by atoms with Crippen LogP contribution in [0.25, 0.3) is 0 Å². The third kappa shape index (κ3) is 1.86. The minimum Gasteiger partial charge on any atom is -0.341 e. The van der Waals surface area contributed by atoms with E-state index in [0.29, 0.717) is 0 Å². The van der Waals surface area contributed by atoms with Crippen molar-refractivity contribution in [3.8, 4) is 0 Å².